The van der Waals surface area contributed by atoms with Crippen molar-refractivity contribution in [2.45, 2.75) is 19.4 Å². The molecule has 1 aromatic carbocycles. The number of carbonyl (C=O) groups is 1. The van der Waals surface area contributed by atoms with E-state index in [1.807, 2.05) is 42.5 Å². The summed E-state index contributed by atoms with van der Waals surface area (Å²) in [4.78, 5) is 21.2. The average molecular weight is 396 g/mol. The van der Waals surface area contributed by atoms with Crippen LogP contribution in [-0.4, -0.2) is 30.6 Å². The van der Waals surface area contributed by atoms with Gasteiger partial charge in [0.2, 0.25) is 0 Å². The second kappa shape index (κ2) is 7.87. The zero-order valence-electron chi connectivity index (χ0n) is 16.3. The average Bonchev–Trinajstić information content (AvgIpc) is 3.49. The van der Waals surface area contributed by atoms with E-state index in [0.29, 0.717) is 11.4 Å². The number of nitrogens with one attached hydrogen (secondary N) is 1. The lowest BCUT2D eigenvalue weighted by atomic mass is 10.1. The molecule has 4 aromatic rings. The zero-order valence-corrected chi connectivity index (χ0v) is 16.3. The van der Waals surface area contributed by atoms with Crippen LogP contribution in [0.4, 0.5) is 5.69 Å². The Hall–Kier alpha value is -3.87. The maximum atomic E-state index is 12.8. The van der Waals surface area contributed by atoms with Crippen LogP contribution in [0, 0.1) is 5.92 Å². The lowest BCUT2D eigenvalue weighted by molar-refractivity contribution is 0.102. The number of pyridine rings is 2. The topological polar surface area (TPSA) is 85.6 Å². The summed E-state index contributed by atoms with van der Waals surface area (Å²) in [6.45, 7) is 0.934. The summed E-state index contributed by atoms with van der Waals surface area (Å²) in [7, 11) is 0. The summed E-state index contributed by atoms with van der Waals surface area (Å²) < 4.78 is 2.08. The van der Waals surface area contributed by atoms with Crippen LogP contribution in [0.3, 0.4) is 0 Å². The van der Waals surface area contributed by atoms with E-state index in [2.05, 4.69) is 30.0 Å². The standard InChI is InChI=1S/C23H20N6O/c30-23(21-12-17(8-10-25-21)19-4-2-9-24-13-19)27-20-5-1-3-18(11-20)22-28-26-15-29(22)14-16-6-7-16/h1-5,8-13,15-16H,6-7,14H2,(H,27,30). The molecule has 30 heavy (non-hydrogen) atoms. The summed E-state index contributed by atoms with van der Waals surface area (Å²) in [5.74, 6) is 1.27. The molecule has 0 bridgehead atoms. The highest BCUT2D eigenvalue weighted by atomic mass is 16.1. The Balaban J connectivity index is 1.36. The number of aromatic nitrogens is 5. The SMILES string of the molecule is O=C(Nc1cccc(-c2nncn2CC2CC2)c1)c1cc(-c2cccnc2)ccn1. The minimum Gasteiger partial charge on any atom is -0.321 e. The molecular weight excluding hydrogens is 376 g/mol. The largest absolute Gasteiger partial charge is 0.321 e. The molecule has 7 heteroatoms. The van der Waals surface area contributed by atoms with Gasteiger partial charge in [0, 0.05) is 41.9 Å². The highest BCUT2D eigenvalue weighted by Gasteiger charge is 2.23. The van der Waals surface area contributed by atoms with Gasteiger partial charge in [0.15, 0.2) is 5.82 Å². The minimum absolute atomic E-state index is 0.266. The van der Waals surface area contributed by atoms with Gasteiger partial charge in [-0.25, -0.2) is 0 Å². The number of hydrogen-bond donors (Lipinski definition) is 1. The Morgan fingerprint density at radius 3 is 2.77 bits per heavy atom. The Kier molecular flexibility index (Phi) is 4.77. The number of nitrogens with zero attached hydrogens (tertiary/aromatic N) is 5. The fourth-order valence-corrected chi connectivity index (χ4v) is 3.39. The van der Waals surface area contributed by atoms with E-state index in [4.69, 9.17) is 0 Å². The second-order valence-corrected chi connectivity index (χ2v) is 7.46. The maximum Gasteiger partial charge on any atom is 0.274 e. The number of rotatable bonds is 6. The van der Waals surface area contributed by atoms with Gasteiger partial charge >= 0.3 is 0 Å². The fraction of sp³-hybridized carbons (Fsp3) is 0.174. The fourth-order valence-electron chi connectivity index (χ4n) is 3.39. The van der Waals surface area contributed by atoms with Crippen LogP contribution in [-0.2, 0) is 6.54 Å². The lowest BCUT2D eigenvalue weighted by Gasteiger charge is -2.09. The van der Waals surface area contributed by atoms with Crippen LogP contribution >= 0.6 is 0 Å². The lowest BCUT2D eigenvalue weighted by Crippen LogP contribution is -2.13. The Morgan fingerprint density at radius 1 is 1.03 bits per heavy atom. The van der Waals surface area contributed by atoms with Crippen LogP contribution < -0.4 is 5.32 Å². The van der Waals surface area contributed by atoms with Crippen molar-refractivity contribution in [3.8, 4) is 22.5 Å². The van der Waals surface area contributed by atoms with E-state index >= 15 is 0 Å². The molecule has 5 rings (SSSR count). The minimum atomic E-state index is -0.266. The molecule has 1 amide bonds. The first-order chi connectivity index (χ1) is 14.8. The number of anilines is 1. The molecule has 1 aliphatic carbocycles. The number of benzene rings is 1. The van der Waals surface area contributed by atoms with Crippen LogP contribution in [0.15, 0.2) is 73.4 Å². The Morgan fingerprint density at radius 2 is 1.93 bits per heavy atom. The van der Waals surface area contributed by atoms with Crippen molar-refractivity contribution in [1.29, 1.82) is 0 Å². The predicted octanol–water partition coefficient (Wildman–Crippen LogP) is 4.06. The van der Waals surface area contributed by atoms with Crippen LogP contribution in [0.5, 0.6) is 0 Å². The number of amides is 1. The Bertz CT molecular complexity index is 1180. The first-order valence-corrected chi connectivity index (χ1v) is 9.92. The van der Waals surface area contributed by atoms with E-state index in [0.717, 1.165) is 35.0 Å². The molecule has 0 atom stereocenters. The van der Waals surface area contributed by atoms with E-state index < -0.39 is 0 Å². The summed E-state index contributed by atoms with van der Waals surface area (Å²) in [6.07, 6.45) is 9.41. The molecule has 0 saturated heterocycles. The van der Waals surface area contributed by atoms with Gasteiger partial charge in [0.05, 0.1) is 0 Å². The molecule has 0 radical (unpaired) electrons. The van der Waals surface area contributed by atoms with Gasteiger partial charge in [0.25, 0.3) is 5.91 Å². The van der Waals surface area contributed by atoms with Crippen molar-refractivity contribution < 1.29 is 4.79 Å². The first-order valence-electron chi connectivity index (χ1n) is 9.92. The summed E-state index contributed by atoms with van der Waals surface area (Å²) in [5, 5.41) is 11.3. The van der Waals surface area contributed by atoms with Gasteiger partial charge in [-0.2, -0.15) is 0 Å². The molecule has 1 fully saturated rings. The zero-order chi connectivity index (χ0) is 20.3. The molecule has 3 aromatic heterocycles. The first kappa shape index (κ1) is 18.2. The quantitative estimate of drug-likeness (QED) is 0.531. The third kappa shape index (κ3) is 3.96. The number of hydrogen-bond acceptors (Lipinski definition) is 5. The van der Waals surface area contributed by atoms with Gasteiger partial charge < -0.3 is 9.88 Å². The van der Waals surface area contributed by atoms with Crippen LogP contribution in [0.1, 0.15) is 23.3 Å². The molecule has 1 N–H and O–H groups in total. The molecule has 148 valence electrons. The highest BCUT2D eigenvalue weighted by Crippen LogP contribution is 2.32. The maximum absolute atomic E-state index is 12.8. The molecule has 0 spiro atoms. The van der Waals surface area contributed by atoms with Gasteiger partial charge in [-0.3, -0.25) is 14.8 Å². The predicted molar refractivity (Wildman–Crippen MR) is 114 cm³/mol. The van der Waals surface area contributed by atoms with Crippen molar-refractivity contribution in [2.24, 2.45) is 5.92 Å². The molecule has 7 nitrogen and oxygen atoms in total. The van der Waals surface area contributed by atoms with Crippen molar-refractivity contribution in [3.05, 3.63) is 79.1 Å². The summed E-state index contributed by atoms with van der Waals surface area (Å²) >= 11 is 0. The van der Waals surface area contributed by atoms with Crippen LogP contribution in [0.2, 0.25) is 0 Å². The molecule has 0 aliphatic heterocycles. The third-order valence-corrected chi connectivity index (χ3v) is 5.13. The van der Waals surface area contributed by atoms with Gasteiger partial charge in [-0.1, -0.05) is 18.2 Å². The van der Waals surface area contributed by atoms with E-state index in [9.17, 15) is 4.79 Å². The van der Waals surface area contributed by atoms with E-state index in [1.165, 1.54) is 12.8 Å². The number of carbonyl (C=O) groups excluding carboxylic acids is 1. The van der Waals surface area contributed by atoms with E-state index in [-0.39, 0.29) is 5.91 Å². The summed E-state index contributed by atoms with van der Waals surface area (Å²) in [5.41, 5.74) is 3.78. The molecule has 3 heterocycles. The van der Waals surface area contributed by atoms with Gasteiger partial charge in [-0.05, 0) is 54.7 Å². The second-order valence-electron chi connectivity index (χ2n) is 7.46. The monoisotopic (exact) mass is 396 g/mol. The van der Waals surface area contributed by atoms with Crippen molar-refractivity contribution >= 4 is 11.6 Å². The highest BCUT2D eigenvalue weighted by molar-refractivity contribution is 6.03. The summed E-state index contributed by atoms with van der Waals surface area (Å²) in [6, 6.07) is 15.1. The van der Waals surface area contributed by atoms with Crippen LogP contribution in [0.25, 0.3) is 22.5 Å². The molecular formula is C23H20N6O. The smallest absolute Gasteiger partial charge is 0.274 e. The normalized spacial score (nSPS) is 13.2. The molecule has 1 aliphatic rings. The van der Waals surface area contributed by atoms with Gasteiger partial charge in [0.1, 0.15) is 12.0 Å². The molecule has 0 unspecified atom stereocenters. The van der Waals surface area contributed by atoms with E-state index in [1.54, 1.807) is 31.0 Å². The van der Waals surface area contributed by atoms with Crippen molar-refractivity contribution in [3.63, 3.8) is 0 Å². The Labute approximate surface area is 173 Å². The molecule has 1 saturated carbocycles. The van der Waals surface area contributed by atoms with Gasteiger partial charge in [-0.15, -0.1) is 10.2 Å². The van der Waals surface area contributed by atoms with Crippen molar-refractivity contribution in [1.82, 2.24) is 24.7 Å². The third-order valence-electron chi connectivity index (χ3n) is 5.13. The van der Waals surface area contributed by atoms with Crippen molar-refractivity contribution in [2.75, 3.05) is 5.32 Å².